The van der Waals surface area contributed by atoms with E-state index >= 15 is 0 Å². The number of nitrogens with one attached hydrogen (secondary N) is 2. The average Bonchev–Trinajstić information content (AvgIpc) is 3.12. The van der Waals surface area contributed by atoms with Crippen LogP contribution in [0.2, 0.25) is 0 Å². The average molecular weight is 353 g/mol. The Balaban J connectivity index is 2.36. The van der Waals surface area contributed by atoms with Gasteiger partial charge in [0.2, 0.25) is 0 Å². The zero-order valence-electron chi connectivity index (χ0n) is 16.4. The van der Waals surface area contributed by atoms with E-state index in [2.05, 4.69) is 41.3 Å². The van der Waals surface area contributed by atoms with Crippen molar-refractivity contribution in [2.75, 3.05) is 46.4 Å². The van der Waals surface area contributed by atoms with E-state index in [0.29, 0.717) is 19.2 Å². The molecule has 25 heavy (non-hydrogen) atoms. The molecule has 1 heterocycles. The Morgan fingerprint density at radius 2 is 2.16 bits per heavy atom. The van der Waals surface area contributed by atoms with Crippen LogP contribution in [0.4, 0.5) is 0 Å². The van der Waals surface area contributed by atoms with Gasteiger partial charge in [0.15, 0.2) is 5.96 Å². The summed E-state index contributed by atoms with van der Waals surface area (Å²) >= 11 is 0. The van der Waals surface area contributed by atoms with Crippen LogP contribution in [-0.2, 0) is 11.2 Å². The molecule has 1 unspecified atom stereocenters. The monoisotopic (exact) mass is 352 g/mol. The largest absolute Gasteiger partial charge is 0.469 e. The van der Waals surface area contributed by atoms with E-state index in [1.54, 1.807) is 13.4 Å². The highest BCUT2D eigenvalue weighted by molar-refractivity contribution is 5.80. The molecule has 1 rings (SSSR count). The molecule has 144 valence electrons. The van der Waals surface area contributed by atoms with Crippen molar-refractivity contribution >= 4 is 5.96 Å². The molecule has 0 aliphatic rings. The third kappa shape index (κ3) is 10.1. The summed E-state index contributed by atoms with van der Waals surface area (Å²) in [6.07, 6.45) is 4.86. The van der Waals surface area contributed by atoms with Crippen LogP contribution >= 0.6 is 0 Å². The summed E-state index contributed by atoms with van der Waals surface area (Å²) < 4.78 is 10.5. The first-order valence-corrected chi connectivity index (χ1v) is 9.48. The quantitative estimate of drug-likeness (QED) is 0.324. The van der Waals surface area contributed by atoms with Crippen LogP contribution in [0, 0.1) is 0 Å². The van der Waals surface area contributed by atoms with Gasteiger partial charge in [-0.3, -0.25) is 4.99 Å². The van der Waals surface area contributed by atoms with Gasteiger partial charge in [0.25, 0.3) is 0 Å². The number of rotatable bonds is 13. The second kappa shape index (κ2) is 13.7. The molecule has 1 aromatic heterocycles. The van der Waals surface area contributed by atoms with Gasteiger partial charge in [-0.05, 0) is 51.5 Å². The zero-order valence-corrected chi connectivity index (χ0v) is 16.4. The fraction of sp³-hybridized carbons (Fsp3) is 0.737. The third-order valence-electron chi connectivity index (χ3n) is 4.20. The van der Waals surface area contributed by atoms with Crippen LogP contribution < -0.4 is 10.6 Å². The van der Waals surface area contributed by atoms with E-state index in [1.807, 2.05) is 12.1 Å². The van der Waals surface area contributed by atoms with Crippen molar-refractivity contribution in [3.8, 4) is 0 Å². The van der Waals surface area contributed by atoms with Gasteiger partial charge < -0.3 is 24.7 Å². The zero-order chi connectivity index (χ0) is 18.3. The number of hydrogen-bond acceptors (Lipinski definition) is 4. The Kier molecular flexibility index (Phi) is 11.8. The predicted octanol–water partition coefficient (Wildman–Crippen LogP) is 2.51. The summed E-state index contributed by atoms with van der Waals surface area (Å²) in [6, 6.07) is 4.29. The first-order valence-electron chi connectivity index (χ1n) is 9.48. The smallest absolute Gasteiger partial charge is 0.191 e. The summed E-state index contributed by atoms with van der Waals surface area (Å²) in [5.74, 6) is 1.83. The van der Waals surface area contributed by atoms with Crippen LogP contribution in [0.25, 0.3) is 0 Å². The Morgan fingerprint density at radius 1 is 1.36 bits per heavy atom. The highest BCUT2D eigenvalue weighted by Gasteiger charge is 2.07. The van der Waals surface area contributed by atoms with Crippen molar-refractivity contribution in [1.29, 1.82) is 0 Å². The number of guanidine groups is 1. The van der Waals surface area contributed by atoms with Crippen molar-refractivity contribution < 1.29 is 9.15 Å². The molecule has 6 nitrogen and oxygen atoms in total. The number of furan rings is 1. The fourth-order valence-electron chi connectivity index (χ4n) is 2.63. The molecule has 0 aromatic carbocycles. The molecule has 0 fully saturated rings. The number of ether oxygens (including phenoxy) is 1. The summed E-state index contributed by atoms with van der Waals surface area (Å²) in [6.45, 7) is 12.1. The van der Waals surface area contributed by atoms with E-state index in [4.69, 9.17) is 9.15 Å². The van der Waals surface area contributed by atoms with Crippen LogP contribution in [0.1, 0.15) is 39.4 Å². The van der Waals surface area contributed by atoms with E-state index < -0.39 is 0 Å². The molecule has 1 aromatic rings. The highest BCUT2D eigenvalue weighted by Crippen LogP contribution is 2.01. The SMILES string of the molecule is CCN(CC)CCCC(C)NC(=NCCOC)NCCc1ccco1. The lowest BCUT2D eigenvalue weighted by Gasteiger charge is -2.21. The molecule has 0 bridgehead atoms. The molecule has 0 aliphatic carbocycles. The topological polar surface area (TPSA) is 62.0 Å². The minimum Gasteiger partial charge on any atom is -0.469 e. The molecular formula is C19H36N4O2. The Labute approximate surface area is 153 Å². The van der Waals surface area contributed by atoms with Gasteiger partial charge in [-0.1, -0.05) is 13.8 Å². The summed E-state index contributed by atoms with van der Waals surface area (Å²) in [5.41, 5.74) is 0. The molecule has 2 N–H and O–H groups in total. The third-order valence-corrected chi connectivity index (χ3v) is 4.20. The van der Waals surface area contributed by atoms with Gasteiger partial charge in [0.1, 0.15) is 5.76 Å². The molecule has 6 heteroatoms. The van der Waals surface area contributed by atoms with Gasteiger partial charge in [-0.15, -0.1) is 0 Å². The lowest BCUT2D eigenvalue weighted by Crippen LogP contribution is -2.43. The minimum absolute atomic E-state index is 0.382. The van der Waals surface area contributed by atoms with E-state index in [0.717, 1.165) is 50.7 Å². The number of methoxy groups -OCH3 is 1. The Morgan fingerprint density at radius 3 is 2.80 bits per heavy atom. The second-order valence-electron chi connectivity index (χ2n) is 6.19. The van der Waals surface area contributed by atoms with Crippen LogP contribution in [0.15, 0.2) is 27.8 Å². The number of nitrogens with zero attached hydrogens (tertiary/aromatic N) is 2. The maximum Gasteiger partial charge on any atom is 0.191 e. The molecule has 0 amide bonds. The normalized spacial score (nSPS) is 13.2. The maximum absolute atomic E-state index is 5.37. The first kappa shape index (κ1) is 21.5. The second-order valence-corrected chi connectivity index (χ2v) is 6.19. The maximum atomic E-state index is 5.37. The van der Waals surface area contributed by atoms with Crippen LogP contribution in [0.3, 0.4) is 0 Å². The van der Waals surface area contributed by atoms with Gasteiger partial charge >= 0.3 is 0 Å². The number of aliphatic imine (C=N–C) groups is 1. The Bertz CT molecular complexity index is 444. The standard InChI is InChI=1S/C19H36N4O2/c1-5-23(6-2)14-7-9-17(3)22-19(21-13-16-24-4)20-12-11-18-10-8-15-25-18/h8,10,15,17H,5-7,9,11-14,16H2,1-4H3,(H2,20,21,22). The molecule has 0 aliphatic heterocycles. The minimum atomic E-state index is 0.382. The number of hydrogen-bond donors (Lipinski definition) is 2. The Hall–Kier alpha value is -1.53. The van der Waals surface area contributed by atoms with Gasteiger partial charge in [-0.25, -0.2) is 0 Å². The molecule has 1 atom stereocenters. The van der Waals surface area contributed by atoms with E-state index in [-0.39, 0.29) is 0 Å². The molecule has 0 radical (unpaired) electrons. The predicted molar refractivity (Wildman–Crippen MR) is 104 cm³/mol. The van der Waals surface area contributed by atoms with Crippen LogP contribution in [0.5, 0.6) is 0 Å². The fourth-order valence-corrected chi connectivity index (χ4v) is 2.63. The van der Waals surface area contributed by atoms with Gasteiger partial charge in [-0.2, -0.15) is 0 Å². The van der Waals surface area contributed by atoms with Crippen molar-refractivity contribution in [3.05, 3.63) is 24.2 Å². The van der Waals surface area contributed by atoms with Gasteiger partial charge in [0.05, 0.1) is 19.4 Å². The molecule has 0 spiro atoms. The highest BCUT2D eigenvalue weighted by atomic mass is 16.5. The van der Waals surface area contributed by atoms with Crippen LogP contribution in [-0.4, -0.2) is 63.3 Å². The van der Waals surface area contributed by atoms with Crippen molar-refractivity contribution in [3.63, 3.8) is 0 Å². The van der Waals surface area contributed by atoms with Gasteiger partial charge in [0, 0.05) is 26.1 Å². The van der Waals surface area contributed by atoms with Crippen molar-refractivity contribution in [1.82, 2.24) is 15.5 Å². The summed E-state index contributed by atoms with van der Waals surface area (Å²) in [4.78, 5) is 7.04. The lowest BCUT2D eigenvalue weighted by molar-refractivity contribution is 0.208. The van der Waals surface area contributed by atoms with Crippen molar-refractivity contribution in [2.45, 2.75) is 46.1 Å². The first-order chi connectivity index (χ1) is 12.2. The molecular weight excluding hydrogens is 316 g/mol. The lowest BCUT2D eigenvalue weighted by atomic mass is 10.2. The molecule has 0 saturated heterocycles. The summed E-state index contributed by atoms with van der Waals surface area (Å²) in [7, 11) is 1.70. The molecule has 0 saturated carbocycles. The van der Waals surface area contributed by atoms with E-state index in [9.17, 15) is 0 Å². The summed E-state index contributed by atoms with van der Waals surface area (Å²) in [5, 5.41) is 6.88. The van der Waals surface area contributed by atoms with E-state index in [1.165, 1.54) is 6.42 Å². The van der Waals surface area contributed by atoms with Crippen molar-refractivity contribution in [2.24, 2.45) is 4.99 Å².